The second-order valence-electron chi connectivity index (χ2n) is 8.01. The summed E-state index contributed by atoms with van der Waals surface area (Å²) in [5.74, 6) is 1.62. The average Bonchev–Trinajstić information content (AvgIpc) is 3.29. The van der Waals surface area contributed by atoms with Gasteiger partial charge >= 0.3 is 0 Å². The van der Waals surface area contributed by atoms with Gasteiger partial charge in [-0.1, -0.05) is 49.2 Å². The van der Waals surface area contributed by atoms with Crippen molar-refractivity contribution in [3.63, 3.8) is 0 Å². The van der Waals surface area contributed by atoms with Crippen LogP contribution < -0.4 is 9.47 Å². The summed E-state index contributed by atoms with van der Waals surface area (Å²) < 4.78 is 11.6. The zero-order valence-corrected chi connectivity index (χ0v) is 17.0. The molecule has 28 heavy (non-hydrogen) atoms. The highest BCUT2D eigenvalue weighted by atomic mass is 16.5. The van der Waals surface area contributed by atoms with Crippen molar-refractivity contribution in [2.45, 2.75) is 44.9 Å². The lowest BCUT2D eigenvalue weighted by atomic mass is 10.1. The van der Waals surface area contributed by atoms with Crippen molar-refractivity contribution >= 4 is 0 Å². The molecule has 4 rings (SSSR count). The molecule has 0 amide bonds. The number of benzene rings is 2. The molecule has 2 aromatic carbocycles. The van der Waals surface area contributed by atoms with Crippen molar-refractivity contribution in [2.24, 2.45) is 0 Å². The van der Waals surface area contributed by atoms with Crippen LogP contribution in [0, 0.1) is 0 Å². The van der Waals surface area contributed by atoms with Gasteiger partial charge in [0.2, 0.25) is 0 Å². The molecule has 4 nitrogen and oxygen atoms in total. The molecule has 0 unspecified atom stereocenters. The summed E-state index contributed by atoms with van der Waals surface area (Å²) in [6.45, 7) is 6.26. The van der Waals surface area contributed by atoms with Crippen molar-refractivity contribution in [2.75, 3.05) is 33.3 Å². The van der Waals surface area contributed by atoms with Crippen LogP contribution in [0.25, 0.3) is 0 Å². The van der Waals surface area contributed by atoms with E-state index in [0.29, 0.717) is 6.61 Å². The molecule has 0 atom stereocenters. The van der Waals surface area contributed by atoms with Crippen molar-refractivity contribution in [1.82, 2.24) is 9.80 Å². The van der Waals surface area contributed by atoms with Crippen LogP contribution >= 0.6 is 0 Å². The third kappa shape index (κ3) is 4.86. The van der Waals surface area contributed by atoms with Crippen LogP contribution in [0.1, 0.15) is 36.8 Å². The number of ether oxygens (including phenoxy) is 2. The molecule has 0 bridgehead atoms. The predicted molar refractivity (Wildman–Crippen MR) is 113 cm³/mol. The summed E-state index contributed by atoms with van der Waals surface area (Å²) in [6, 6.07) is 17.5. The largest absolute Gasteiger partial charge is 0.493 e. The first-order valence-corrected chi connectivity index (χ1v) is 10.6. The number of piperazine rings is 1. The zero-order valence-electron chi connectivity index (χ0n) is 17.0. The van der Waals surface area contributed by atoms with Crippen LogP contribution in [0.5, 0.6) is 11.5 Å². The third-order valence-electron chi connectivity index (χ3n) is 6.12. The van der Waals surface area contributed by atoms with Gasteiger partial charge in [0.1, 0.15) is 6.61 Å². The first-order chi connectivity index (χ1) is 13.8. The van der Waals surface area contributed by atoms with Crippen molar-refractivity contribution in [1.29, 1.82) is 0 Å². The molecule has 4 heteroatoms. The predicted octanol–water partition coefficient (Wildman–Crippen LogP) is 4.33. The molecule has 150 valence electrons. The Bertz CT molecular complexity index is 736. The second kappa shape index (κ2) is 9.44. The highest BCUT2D eigenvalue weighted by Gasteiger charge is 2.26. The Labute approximate surface area is 169 Å². The first kappa shape index (κ1) is 19.3. The smallest absolute Gasteiger partial charge is 0.161 e. The molecule has 1 heterocycles. The van der Waals surface area contributed by atoms with E-state index in [1.807, 2.05) is 24.3 Å². The molecule has 1 saturated carbocycles. The van der Waals surface area contributed by atoms with Crippen molar-refractivity contribution in [3.8, 4) is 11.5 Å². The minimum atomic E-state index is 0.556. The summed E-state index contributed by atoms with van der Waals surface area (Å²) in [5.41, 5.74) is 2.45. The topological polar surface area (TPSA) is 24.9 Å². The molecule has 1 aliphatic heterocycles. The summed E-state index contributed by atoms with van der Waals surface area (Å²) in [5, 5.41) is 0. The standard InChI is InChI=1S/C24H32N2O2/c1-27-23-12-11-21(17-24(23)28-19-20-7-3-2-4-8-20)18-25-13-15-26(16-14-25)22-9-5-6-10-22/h2-4,7-8,11-12,17,22H,5-6,9-10,13-16,18-19H2,1H3. The SMILES string of the molecule is COc1ccc(CN2CCN(C3CCCC3)CC2)cc1OCc1ccccc1. The van der Waals surface area contributed by atoms with Crippen LogP contribution in [0.2, 0.25) is 0 Å². The molecule has 0 N–H and O–H groups in total. The lowest BCUT2D eigenvalue weighted by Gasteiger charge is -2.38. The highest BCUT2D eigenvalue weighted by molar-refractivity contribution is 5.43. The maximum Gasteiger partial charge on any atom is 0.161 e. The van der Waals surface area contributed by atoms with E-state index in [4.69, 9.17) is 9.47 Å². The first-order valence-electron chi connectivity index (χ1n) is 10.6. The maximum atomic E-state index is 6.08. The summed E-state index contributed by atoms with van der Waals surface area (Å²) >= 11 is 0. The van der Waals surface area contributed by atoms with Crippen molar-refractivity contribution in [3.05, 3.63) is 59.7 Å². The van der Waals surface area contributed by atoms with E-state index in [-0.39, 0.29) is 0 Å². The molecule has 2 fully saturated rings. The number of rotatable bonds is 7. The second-order valence-corrected chi connectivity index (χ2v) is 8.01. The van der Waals surface area contributed by atoms with E-state index in [0.717, 1.165) is 42.7 Å². The van der Waals surface area contributed by atoms with Gasteiger partial charge in [-0.25, -0.2) is 0 Å². The molecule has 0 radical (unpaired) electrons. The van der Waals surface area contributed by atoms with E-state index in [1.54, 1.807) is 7.11 Å². The van der Waals surface area contributed by atoms with Gasteiger partial charge in [0.25, 0.3) is 0 Å². The number of methoxy groups -OCH3 is 1. The fourth-order valence-electron chi connectivity index (χ4n) is 4.48. The van der Waals surface area contributed by atoms with Crippen LogP contribution in [-0.2, 0) is 13.2 Å². The van der Waals surface area contributed by atoms with Gasteiger partial charge in [-0.2, -0.15) is 0 Å². The third-order valence-corrected chi connectivity index (χ3v) is 6.12. The van der Waals surface area contributed by atoms with E-state index < -0.39 is 0 Å². The lowest BCUT2D eigenvalue weighted by Crippen LogP contribution is -2.49. The van der Waals surface area contributed by atoms with E-state index in [2.05, 4.69) is 34.1 Å². The Morgan fingerprint density at radius 1 is 0.857 bits per heavy atom. The quantitative estimate of drug-likeness (QED) is 0.714. The van der Waals surface area contributed by atoms with Gasteiger partial charge in [0.15, 0.2) is 11.5 Å². The Morgan fingerprint density at radius 3 is 2.32 bits per heavy atom. The molecule has 1 saturated heterocycles. The summed E-state index contributed by atoms with van der Waals surface area (Å²) in [4.78, 5) is 5.28. The van der Waals surface area contributed by atoms with Crippen LogP contribution in [-0.4, -0.2) is 49.1 Å². The van der Waals surface area contributed by atoms with Crippen molar-refractivity contribution < 1.29 is 9.47 Å². The summed E-state index contributed by atoms with van der Waals surface area (Å²) in [6.07, 6.45) is 5.65. The molecule has 0 aromatic heterocycles. The minimum absolute atomic E-state index is 0.556. The Kier molecular flexibility index (Phi) is 6.50. The molecular formula is C24H32N2O2. The molecule has 2 aliphatic rings. The van der Waals surface area contributed by atoms with Gasteiger partial charge in [0.05, 0.1) is 7.11 Å². The highest BCUT2D eigenvalue weighted by Crippen LogP contribution is 2.30. The van der Waals surface area contributed by atoms with E-state index in [1.165, 1.54) is 44.3 Å². The van der Waals surface area contributed by atoms with E-state index >= 15 is 0 Å². The normalized spacial score (nSPS) is 19.0. The number of nitrogens with zero attached hydrogens (tertiary/aromatic N) is 2. The maximum absolute atomic E-state index is 6.08. The fraction of sp³-hybridized carbons (Fsp3) is 0.500. The number of hydrogen-bond donors (Lipinski definition) is 0. The molecule has 0 spiro atoms. The minimum Gasteiger partial charge on any atom is -0.493 e. The van der Waals surface area contributed by atoms with Crippen LogP contribution in [0.3, 0.4) is 0 Å². The lowest BCUT2D eigenvalue weighted by molar-refractivity contribution is 0.0936. The fourth-order valence-corrected chi connectivity index (χ4v) is 4.48. The average molecular weight is 381 g/mol. The van der Waals surface area contributed by atoms with Gasteiger partial charge in [-0.05, 0) is 36.1 Å². The Balaban J connectivity index is 1.34. The van der Waals surface area contributed by atoms with Gasteiger partial charge in [-0.3, -0.25) is 9.80 Å². The van der Waals surface area contributed by atoms with E-state index in [9.17, 15) is 0 Å². The van der Waals surface area contributed by atoms with Crippen LogP contribution in [0.4, 0.5) is 0 Å². The Morgan fingerprint density at radius 2 is 1.61 bits per heavy atom. The molecule has 2 aromatic rings. The monoisotopic (exact) mass is 380 g/mol. The number of hydrogen-bond acceptors (Lipinski definition) is 4. The molecule has 1 aliphatic carbocycles. The summed E-state index contributed by atoms with van der Waals surface area (Å²) in [7, 11) is 1.70. The Hall–Kier alpha value is -2.04. The van der Waals surface area contributed by atoms with Gasteiger partial charge < -0.3 is 9.47 Å². The van der Waals surface area contributed by atoms with Gasteiger partial charge in [-0.15, -0.1) is 0 Å². The van der Waals surface area contributed by atoms with Gasteiger partial charge in [0, 0.05) is 38.8 Å². The molecular weight excluding hydrogens is 348 g/mol. The van der Waals surface area contributed by atoms with Crippen LogP contribution in [0.15, 0.2) is 48.5 Å². The zero-order chi connectivity index (χ0) is 19.2.